The van der Waals surface area contributed by atoms with Crippen LogP contribution in [0.2, 0.25) is 0 Å². The van der Waals surface area contributed by atoms with Crippen LogP contribution in [0.5, 0.6) is 0 Å². The maximum atomic E-state index is 11.9. The lowest BCUT2D eigenvalue weighted by molar-refractivity contribution is 0.228. The Balaban J connectivity index is 1.91. The Hall–Kier alpha value is -2.01. The summed E-state index contributed by atoms with van der Waals surface area (Å²) in [5.41, 5.74) is 5.28. The van der Waals surface area contributed by atoms with Gasteiger partial charge in [-0.15, -0.1) is 0 Å². The van der Waals surface area contributed by atoms with Gasteiger partial charge in [0.25, 0.3) is 0 Å². The molecule has 1 unspecified atom stereocenters. The molecule has 1 aromatic carbocycles. The van der Waals surface area contributed by atoms with Crippen molar-refractivity contribution in [3.63, 3.8) is 0 Å². The average Bonchev–Trinajstić information content (AvgIpc) is 3.05. The lowest BCUT2D eigenvalue weighted by Gasteiger charge is -2.18. The van der Waals surface area contributed by atoms with Gasteiger partial charge in [-0.05, 0) is 44.5 Å². The van der Waals surface area contributed by atoms with E-state index in [1.165, 1.54) is 30.3 Å². The third-order valence-corrected chi connectivity index (χ3v) is 4.54. The van der Waals surface area contributed by atoms with Crippen LogP contribution in [0, 0.1) is 0 Å². The molecule has 2 aromatic rings. The molecule has 2 amide bonds. The molecule has 1 aliphatic heterocycles. The summed E-state index contributed by atoms with van der Waals surface area (Å²) in [7, 11) is 5.69. The summed E-state index contributed by atoms with van der Waals surface area (Å²) >= 11 is 0. The van der Waals surface area contributed by atoms with Crippen molar-refractivity contribution in [2.75, 3.05) is 33.1 Å². The van der Waals surface area contributed by atoms with E-state index in [-0.39, 0.29) is 6.03 Å². The number of benzene rings is 1. The van der Waals surface area contributed by atoms with Gasteiger partial charge in [-0.1, -0.05) is 18.2 Å². The topological polar surface area (TPSA) is 40.5 Å². The molecule has 5 nitrogen and oxygen atoms in total. The van der Waals surface area contributed by atoms with Crippen molar-refractivity contribution in [3.8, 4) is 0 Å². The number of carbonyl (C=O) groups is 1. The monoisotopic (exact) mass is 300 g/mol. The van der Waals surface area contributed by atoms with Crippen molar-refractivity contribution in [1.29, 1.82) is 0 Å². The van der Waals surface area contributed by atoms with Crippen LogP contribution < -0.4 is 5.43 Å². The molecular formula is C17H24N4O. The Kier molecular flexibility index (Phi) is 4.07. The van der Waals surface area contributed by atoms with Gasteiger partial charge < -0.3 is 9.80 Å². The smallest absolute Gasteiger partial charge is 0.330 e. The number of amides is 2. The molecule has 5 heteroatoms. The first-order chi connectivity index (χ1) is 10.6. The van der Waals surface area contributed by atoms with E-state index in [0.29, 0.717) is 6.04 Å². The molecule has 1 fully saturated rings. The molecule has 1 atom stereocenters. The number of nitrogens with one attached hydrogen (secondary N) is 1. The number of rotatable bonds is 3. The van der Waals surface area contributed by atoms with Gasteiger partial charge in [-0.25, -0.2) is 10.2 Å². The van der Waals surface area contributed by atoms with Gasteiger partial charge in [0.1, 0.15) is 0 Å². The van der Waals surface area contributed by atoms with Crippen molar-refractivity contribution in [2.24, 2.45) is 0 Å². The van der Waals surface area contributed by atoms with Crippen molar-refractivity contribution >= 4 is 16.9 Å². The molecule has 1 saturated heterocycles. The number of likely N-dealkylation sites (N-methyl/N-ethyl adjacent to an activating group) is 1. The highest BCUT2D eigenvalue weighted by Crippen LogP contribution is 2.26. The molecule has 3 rings (SSSR count). The highest BCUT2D eigenvalue weighted by atomic mass is 16.2. The van der Waals surface area contributed by atoms with Gasteiger partial charge in [0.05, 0.1) is 5.52 Å². The van der Waals surface area contributed by atoms with Crippen LogP contribution in [-0.2, 0) is 6.42 Å². The zero-order valence-electron chi connectivity index (χ0n) is 13.5. The van der Waals surface area contributed by atoms with Crippen LogP contribution in [0.1, 0.15) is 18.4 Å². The number of hydrogen-bond acceptors (Lipinski definition) is 2. The normalized spacial score (nSPS) is 18.8. The van der Waals surface area contributed by atoms with Gasteiger partial charge in [-0.3, -0.25) is 4.68 Å². The largest absolute Gasteiger partial charge is 0.335 e. The predicted octanol–water partition coefficient (Wildman–Crippen LogP) is 2.50. The number of nitrogens with zero attached hydrogens (tertiary/aromatic N) is 3. The zero-order valence-corrected chi connectivity index (χ0v) is 13.5. The SMILES string of the molecule is CN(C)C(=O)Nn1cc(CC2CCCN2C)c2ccccc21. The van der Waals surface area contributed by atoms with E-state index in [0.717, 1.165) is 11.9 Å². The maximum absolute atomic E-state index is 11.9. The summed E-state index contributed by atoms with van der Waals surface area (Å²) in [6, 6.07) is 8.73. The molecule has 1 N–H and O–H groups in total. The Morgan fingerprint density at radius 2 is 2.14 bits per heavy atom. The number of likely N-dealkylation sites (tertiary alicyclic amines) is 1. The van der Waals surface area contributed by atoms with Gasteiger partial charge >= 0.3 is 6.03 Å². The van der Waals surface area contributed by atoms with Crippen LogP contribution in [0.15, 0.2) is 30.5 Å². The Bertz CT molecular complexity index is 676. The fraction of sp³-hybridized carbons (Fsp3) is 0.471. The molecule has 118 valence electrons. The summed E-state index contributed by atoms with van der Waals surface area (Å²) in [6.07, 6.45) is 5.62. The molecule has 0 saturated carbocycles. The minimum atomic E-state index is -0.120. The van der Waals surface area contributed by atoms with Gasteiger partial charge in [0.15, 0.2) is 0 Å². The lowest BCUT2D eigenvalue weighted by Crippen LogP contribution is -2.32. The lowest BCUT2D eigenvalue weighted by atomic mass is 10.0. The Labute approximate surface area is 131 Å². The third kappa shape index (κ3) is 2.81. The van der Waals surface area contributed by atoms with Crippen LogP contribution in [0.4, 0.5) is 4.79 Å². The Morgan fingerprint density at radius 1 is 1.36 bits per heavy atom. The van der Waals surface area contributed by atoms with Crippen LogP contribution >= 0.6 is 0 Å². The molecule has 0 spiro atoms. The summed E-state index contributed by atoms with van der Waals surface area (Å²) in [6.45, 7) is 1.18. The first-order valence-corrected chi connectivity index (χ1v) is 7.84. The van der Waals surface area contributed by atoms with E-state index in [1.54, 1.807) is 19.0 Å². The van der Waals surface area contributed by atoms with Crippen LogP contribution in [0.25, 0.3) is 10.9 Å². The molecule has 0 aliphatic carbocycles. The second-order valence-electron chi connectivity index (χ2n) is 6.33. The van der Waals surface area contributed by atoms with Crippen LogP contribution in [-0.4, -0.2) is 54.2 Å². The van der Waals surface area contributed by atoms with E-state index in [4.69, 9.17) is 0 Å². The van der Waals surface area contributed by atoms with Crippen molar-refractivity contribution in [1.82, 2.24) is 14.5 Å². The number of hydrogen-bond donors (Lipinski definition) is 1. The second-order valence-corrected chi connectivity index (χ2v) is 6.33. The molecule has 22 heavy (non-hydrogen) atoms. The zero-order chi connectivity index (χ0) is 15.7. The predicted molar refractivity (Wildman–Crippen MR) is 89.7 cm³/mol. The van der Waals surface area contributed by atoms with Gasteiger partial charge in [-0.2, -0.15) is 0 Å². The van der Waals surface area contributed by atoms with Gasteiger partial charge in [0.2, 0.25) is 0 Å². The maximum Gasteiger partial charge on any atom is 0.335 e. The molecule has 0 radical (unpaired) electrons. The fourth-order valence-electron chi connectivity index (χ4n) is 3.20. The quantitative estimate of drug-likeness (QED) is 0.946. The minimum absolute atomic E-state index is 0.120. The van der Waals surface area contributed by atoms with E-state index >= 15 is 0 Å². The highest BCUT2D eigenvalue weighted by molar-refractivity contribution is 5.88. The first kappa shape index (κ1) is 14.9. The van der Waals surface area contributed by atoms with E-state index in [9.17, 15) is 4.79 Å². The number of fused-ring (bicyclic) bond motifs is 1. The standard InChI is InChI=1S/C17H24N4O/c1-19(2)17(22)18-21-12-13(11-14-7-6-10-20(14)3)15-8-4-5-9-16(15)21/h4-5,8-9,12,14H,6-7,10-11H2,1-3H3,(H,18,22). The molecule has 1 aromatic heterocycles. The Morgan fingerprint density at radius 3 is 2.82 bits per heavy atom. The first-order valence-electron chi connectivity index (χ1n) is 7.84. The molecule has 2 heterocycles. The highest BCUT2D eigenvalue weighted by Gasteiger charge is 2.23. The number of aromatic nitrogens is 1. The number of urea groups is 1. The van der Waals surface area contributed by atoms with Crippen molar-refractivity contribution in [3.05, 3.63) is 36.0 Å². The summed E-state index contributed by atoms with van der Waals surface area (Å²) in [5.74, 6) is 0. The third-order valence-electron chi connectivity index (χ3n) is 4.54. The van der Waals surface area contributed by atoms with E-state index < -0.39 is 0 Å². The summed E-state index contributed by atoms with van der Waals surface area (Å²) < 4.78 is 1.85. The molecular weight excluding hydrogens is 276 g/mol. The van der Waals surface area contributed by atoms with Crippen molar-refractivity contribution < 1.29 is 4.79 Å². The second kappa shape index (κ2) is 6.01. The van der Waals surface area contributed by atoms with Gasteiger partial charge in [0, 0.05) is 31.7 Å². The number of para-hydroxylation sites is 1. The van der Waals surface area contributed by atoms with E-state index in [2.05, 4.69) is 35.7 Å². The molecule has 0 bridgehead atoms. The van der Waals surface area contributed by atoms with Crippen LogP contribution in [0.3, 0.4) is 0 Å². The average molecular weight is 300 g/mol. The van der Waals surface area contributed by atoms with Crippen molar-refractivity contribution in [2.45, 2.75) is 25.3 Å². The minimum Gasteiger partial charge on any atom is -0.330 e. The fourth-order valence-corrected chi connectivity index (χ4v) is 3.20. The summed E-state index contributed by atoms with van der Waals surface area (Å²) in [4.78, 5) is 15.9. The summed E-state index contributed by atoms with van der Waals surface area (Å²) in [5, 5.41) is 1.22. The molecule has 1 aliphatic rings. The van der Waals surface area contributed by atoms with E-state index in [1.807, 2.05) is 16.8 Å². The number of carbonyl (C=O) groups excluding carboxylic acids is 1.